The third-order valence-corrected chi connectivity index (χ3v) is 2.96. The van der Waals surface area contributed by atoms with Crippen molar-refractivity contribution < 1.29 is 3.89 Å². The first-order valence-corrected chi connectivity index (χ1v) is 5.00. The molecule has 1 fully saturated rings. The summed E-state index contributed by atoms with van der Waals surface area (Å²) in [7, 11) is 0. The normalized spacial score (nSPS) is 17.4. The summed E-state index contributed by atoms with van der Waals surface area (Å²) in [5.41, 5.74) is 1.31. The van der Waals surface area contributed by atoms with Gasteiger partial charge < -0.3 is 0 Å². The molecule has 1 aliphatic rings. The van der Waals surface area contributed by atoms with Crippen molar-refractivity contribution in [3.8, 4) is 0 Å². The molecule has 12 heavy (non-hydrogen) atoms. The average molecular weight is 182 g/mol. The molecule has 0 unspecified atom stereocenters. The van der Waals surface area contributed by atoms with Gasteiger partial charge in [-0.2, -0.15) is 3.89 Å². The Bertz CT molecular complexity index is 268. The van der Waals surface area contributed by atoms with Gasteiger partial charge in [0.25, 0.3) is 0 Å². The zero-order valence-electron chi connectivity index (χ0n) is 6.79. The van der Waals surface area contributed by atoms with Crippen LogP contribution >= 0.6 is 12.1 Å². The van der Waals surface area contributed by atoms with Crippen molar-refractivity contribution in [1.29, 1.82) is 0 Å². The van der Waals surface area contributed by atoms with Crippen LogP contribution in [0.2, 0.25) is 0 Å². The van der Waals surface area contributed by atoms with E-state index in [4.69, 9.17) is 0 Å². The van der Waals surface area contributed by atoms with Crippen LogP contribution in [0.5, 0.6) is 0 Å². The molecular formula is C10H11FS. The summed E-state index contributed by atoms with van der Waals surface area (Å²) in [5.74, 6) is 0.706. The van der Waals surface area contributed by atoms with Crippen LogP contribution in [0.1, 0.15) is 30.7 Å². The molecule has 0 nitrogen and oxygen atoms in total. The van der Waals surface area contributed by atoms with Crippen molar-refractivity contribution in [3.63, 3.8) is 0 Å². The highest BCUT2D eigenvalue weighted by atomic mass is 32.2. The van der Waals surface area contributed by atoms with Crippen LogP contribution in [-0.2, 0) is 0 Å². The van der Waals surface area contributed by atoms with Crippen LogP contribution in [0, 0.1) is 0 Å². The maximum Gasteiger partial charge on any atom is 0.0812 e. The fraction of sp³-hybridized carbons (Fsp3) is 0.400. The number of hydrogen-bond donors (Lipinski definition) is 0. The van der Waals surface area contributed by atoms with E-state index >= 15 is 0 Å². The highest BCUT2D eigenvalue weighted by molar-refractivity contribution is 7.94. The third kappa shape index (κ3) is 1.48. The highest BCUT2D eigenvalue weighted by Crippen LogP contribution is 2.37. The maximum absolute atomic E-state index is 12.2. The molecule has 0 heterocycles. The molecule has 2 rings (SSSR count). The van der Waals surface area contributed by atoms with Gasteiger partial charge in [-0.05, 0) is 36.5 Å². The smallest absolute Gasteiger partial charge is 0.0812 e. The molecule has 2 heteroatoms. The van der Waals surface area contributed by atoms with E-state index in [1.165, 1.54) is 24.8 Å². The molecule has 0 spiro atoms. The molecular weight excluding hydrogens is 171 g/mol. The molecule has 0 N–H and O–H groups in total. The van der Waals surface area contributed by atoms with Gasteiger partial charge in [0.15, 0.2) is 0 Å². The van der Waals surface area contributed by atoms with Crippen molar-refractivity contribution >= 4 is 12.1 Å². The Morgan fingerprint density at radius 3 is 2.75 bits per heavy atom. The van der Waals surface area contributed by atoms with Crippen LogP contribution in [-0.4, -0.2) is 0 Å². The van der Waals surface area contributed by atoms with Crippen LogP contribution in [0.15, 0.2) is 29.2 Å². The second kappa shape index (κ2) is 3.48. The van der Waals surface area contributed by atoms with E-state index in [9.17, 15) is 3.89 Å². The number of benzene rings is 1. The Morgan fingerprint density at radius 2 is 2.17 bits per heavy atom. The van der Waals surface area contributed by atoms with E-state index in [2.05, 4.69) is 6.07 Å². The van der Waals surface area contributed by atoms with E-state index < -0.39 is 0 Å². The third-order valence-electron chi connectivity index (χ3n) is 2.52. The largest absolute Gasteiger partial charge is 0.160 e. The fourth-order valence-corrected chi connectivity index (χ4v) is 1.87. The minimum absolute atomic E-state index is 0.335. The van der Waals surface area contributed by atoms with Gasteiger partial charge in [0.05, 0.1) is 12.1 Å². The molecule has 1 saturated carbocycles. The first-order valence-electron chi connectivity index (χ1n) is 4.28. The molecule has 0 atom stereocenters. The number of halogens is 1. The molecule has 0 aromatic heterocycles. The van der Waals surface area contributed by atoms with Gasteiger partial charge in [0.1, 0.15) is 0 Å². The Morgan fingerprint density at radius 1 is 1.33 bits per heavy atom. The van der Waals surface area contributed by atoms with Crippen LogP contribution in [0.4, 0.5) is 3.89 Å². The second-order valence-corrected chi connectivity index (χ2v) is 3.90. The summed E-state index contributed by atoms with van der Waals surface area (Å²) in [4.78, 5) is 0.736. The van der Waals surface area contributed by atoms with E-state index in [1.807, 2.05) is 18.2 Å². The molecule has 0 aliphatic heterocycles. The quantitative estimate of drug-likeness (QED) is 0.667. The molecule has 1 aromatic rings. The predicted molar refractivity (Wildman–Crippen MR) is 50.0 cm³/mol. The van der Waals surface area contributed by atoms with Crippen LogP contribution in [0.25, 0.3) is 0 Å². The predicted octanol–water partition coefficient (Wildman–Crippen LogP) is 3.93. The Hall–Kier alpha value is -0.500. The SMILES string of the molecule is FSc1cccc(C2CCC2)c1. The minimum Gasteiger partial charge on any atom is -0.160 e. The molecule has 0 saturated heterocycles. The summed E-state index contributed by atoms with van der Waals surface area (Å²) in [6.45, 7) is 0. The highest BCUT2D eigenvalue weighted by Gasteiger charge is 2.19. The van der Waals surface area contributed by atoms with Crippen LogP contribution < -0.4 is 0 Å². The van der Waals surface area contributed by atoms with Gasteiger partial charge >= 0.3 is 0 Å². The van der Waals surface area contributed by atoms with Crippen molar-refractivity contribution in [2.24, 2.45) is 0 Å². The van der Waals surface area contributed by atoms with Gasteiger partial charge in [0.2, 0.25) is 0 Å². The first kappa shape index (κ1) is 8.11. The molecule has 0 radical (unpaired) electrons. The van der Waals surface area contributed by atoms with Gasteiger partial charge in [-0.3, -0.25) is 0 Å². The average Bonchev–Trinajstić information content (AvgIpc) is 2.02. The summed E-state index contributed by atoms with van der Waals surface area (Å²) in [6, 6.07) is 7.82. The maximum atomic E-state index is 12.2. The number of hydrogen-bond acceptors (Lipinski definition) is 1. The fourth-order valence-electron chi connectivity index (χ4n) is 1.56. The molecule has 1 aromatic carbocycles. The van der Waals surface area contributed by atoms with Gasteiger partial charge in [0, 0.05) is 4.90 Å². The Balaban J connectivity index is 2.19. The Kier molecular flexibility index (Phi) is 2.35. The van der Waals surface area contributed by atoms with E-state index in [0.29, 0.717) is 18.1 Å². The summed E-state index contributed by atoms with van der Waals surface area (Å²) >= 11 is 0.335. The summed E-state index contributed by atoms with van der Waals surface area (Å²) in [5, 5.41) is 0. The molecule has 0 bridgehead atoms. The molecule has 64 valence electrons. The lowest BCUT2D eigenvalue weighted by atomic mass is 9.80. The number of rotatable bonds is 2. The van der Waals surface area contributed by atoms with E-state index in [-0.39, 0.29) is 0 Å². The second-order valence-electron chi connectivity index (χ2n) is 3.28. The van der Waals surface area contributed by atoms with Crippen LogP contribution in [0.3, 0.4) is 0 Å². The summed E-state index contributed by atoms with van der Waals surface area (Å²) in [6.07, 6.45) is 3.89. The van der Waals surface area contributed by atoms with Crippen molar-refractivity contribution in [2.45, 2.75) is 30.1 Å². The lowest BCUT2D eigenvalue weighted by Gasteiger charge is -2.25. The zero-order chi connectivity index (χ0) is 8.39. The lowest BCUT2D eigenvalue weighted by Crippen LogP contribution is -2.08. The monoisotopic (exact) mass is 182 g/mol. The van der Waals surface area contributed by atoms with Gasteiger partial charge in [-0.1, -0.05) is 18.6 Å². The minimum atomic E-state index is 0.335. The standard InChI is InChI=1S/C10H11FS/c11-12-10-6-2-5-9(7-10)8-3-1-4-8/h2,5-8H,1,3-4H2. The topological polar surface area (TPSA) is 0 Å². The van der Waals surface area contributed by atoms with Crippen molar-refractivity contribution in [2.75, 3.05) is 0 Å². The zero-order valence-corrected chi connectivity index (χ0v) is 7.61. The van der Waals surface area contributed by atoms with Gasteiger partial charge in [-0.15, -0.1) is 0 Å². The molecule has 1 aliphatic carbocycles. The van der Waals surface area contributed by atoms with Crippen molar-refractivity contribution in [3.05, 3.63) is 29.8 Å². The van der Waals surface area contributed by atoms with E-state index in [1.54, 1.807) is 0 Å². The van der Waals surface area contributed by atoms with E-state index in [0.717, 1.165) is 4.90 Å². The first-order chi connectivity index (χ1) is 5.90. The lowest BCUT2D eigenvalue weighted by molar-refractivity contribution is 0.419. The molecule has 0 amide bonds. The Labute approximate surface area is 76.5 Å². The summed E-state index contributed by atoms with van der Waals surface area (Å²) < 4.78 is 12.2. The van der Waals surface area contributed by atoms with Gasteiger partial charge in [-0.25, -0.2) is 0 Å². The van der Waals surface area contributed by atoms with Crippen molar-refractivity contribution in [1.82, 2.24) is 0 Å².